The van der Waals surface area contributed by atoms with Gasteiger partial charge in [0.05, 0.1) is 0 Å². The van der Waals surface area contributed by atoms with Crippen LogP contribution in [0.15, 0.2) is 12.7 Å². The Labute approximate surface area is 100 Å². The Balaban J connectivity index is 2.31. The number of allylic oxidation sites excluding steroid dienone is 1. The summed E-state index contributed by atoms with van der Waals surface area (Å²) < 4.78 is 5.44. The maximum absolute atomic E-state index is 5.44. The van der Waals surface area contributed by atoms with Crippen LogP contribution in [0.3, 0.4) is 0 Å². The minimum absolute atomic E-state index is 0.698. The van der Waals surface area contributed by atoms with Crippen LogP contribution in [0.1, 0.15) is 45.4 Å². The predicted molar refractivity (Wildman–Crippen MR) is 69.7 cm³/mol. The first-order chi connectivity index (χ1) is 7.88. The van der Waals surface area contributed by atoms with Crippen molar-refractivity contribution in [2.24, 2.45) is 5.92 Å². The molecule has 2 heteroatoms. The highest BCUT2D eigenvalue weighted by Gasteiger charge is 2.22. The van der Waals surface area contributed by atoms with Gasteiger partial charge >= 0.3 is 0 Å². The zero-order valence-electron chi connectivity index (χ0n) is 10.7. The minimum Gasteiger partial charge on any atom is -0.381 e. The summed E-state index contributed by atoms with van der Waals surface area (Å²) in [5.41, 5.74) is 0. The summed E-state index contributed by atoms with van der Waals surface area (Å²) in [6, 6.07) is 0.698. The van der Waals surface area contributed by atoms with E-state index in [2.05, 4.69) is 18.8 Å². The third kappa shape index (κ3) is 5.13. The van der Waals surface area contributed by atoms with Crippen molar-refractivity contribution < 1.29 is 4.74 Å². The van der Waals surface area contributed by atoms with Crippen molar-refractivity contribution in [1.82, 2.24) is 5.32 Å². The maximum Gasteiger partial charge on any atom is 0.0469 e. The van der Waals surface area contributed by atoms with Crippen LogP contribution in [0, 0.1) is 5.92 Å². The van der Waals surface area contributed by atoms with E-state index in [0.29, 0.717) is 6.04 Å². The first-order valence-electron chi connectivity index (χ1n) is 6.80. The van der Waals surface area contributed by atoms with E-state index in [-0.39, 0.29) is 0 Å². The van der Waals surface area contributed by atoms with Crippen molar-refractivity contribution in [3.05, 3.63) is 12.7 Å². The SMILES string of the molecule is C=CCCCC(NCCC)C1CCOCC1. The zero-order valence-corrected chi connectivity index (χ0v) is 10.7. The number of hydrogen-bond acceptors (Lipinski definition) is 2. The molecule has 1 unspecified atom stereocenters. The van der Waals surface area contributed by atoms with Crippen LogP contribution in [0.25, 0.3) is 0 Å². The van der Waals surface area contributed by atoms with Gasteiger partial charge in [0, 0.05) is 19.3 Å². The lowest BCUT2D eigenvalue weighted by Crippen LogP contribution is -2.39. The lowest BCUT2D eigenvalue weighted by molar-refractivity contribution is 0.0523. The first-order valence-corrected chi connectivity index (χ1v) is 6.80. The highest BCUT2D eigenvalue weighted by atomic mass is 16.5. The maximum atomic E-state index is 5.44. The Morgan fingerprint density at radius 1 is 1.44 bits per heavy atom. The summed E-state index contributed by atoms with van der Waals surface area (Å²) in [7, 11) is 0. The van der Waals surface area contributed by atoms with Crippen molar-refractivity contribution in [2.75, 3.05) is 19.8 Å². The van der Waals surface area contributed by atoms with Crippen molar-refractivity contribution >= 4 is 0 Å². The summed E-state index contributed by atoms with van der Waals surface area (Å²) in [6.45, 7) is 9.08. The molecule has 2 nitrogen and oxygen atoms in total. The molecule has 0 aromatic rings. The predicted octanol–water partition coefficient (Wildman–Crippen LogP) is 3.14. The fourth-order valence-electron chi connectivity index (χ4n) is 2.43. The van der Waals surface area contributed by atoms with Gasteiger partial charge in [0.15, 0.2) is 0 Å². The highest BCUT2D eigenvalue weighted by Crippen LogP contribution is 2.22. The molecule has 0 bridgehead atoms. The fraction of sp³-hybridized carbons (Fsp3) is 0.857. The smallest absolute Gasteiger partial charge is 0.0469 e. The Bertz CT molecular complexity index is 176. The molecule has 1 heterocycles. The van der Waals surface area contributed by atoms with Gasteiger partial charge in [-0.1, -0.05) is 13.0 Å². The Morgan fingerprint density at radius 3 is 2.81 bits per heavy atom. The second-order valence-electron chi connectivity index (χ2n) is 4.73. The van der Waals surface area contributed by atoms with Crippen LogP contribution in [-0.4, -0.2) is 25.8 Å². The number of ether oxygens (including phenoxy) is 1. The van der Waals surface area contributed by atoms with E-state index < -0.39 is 0 Å². The zero-order chi connectivity index (χ0) is 11.6. The second kappa shape index (κ2) is 8.77. The average Bonchev–Trinajstić information content (AvgIpc) is 2.35. The first kappa shape index (κ1) is 13.7. The van der Waals surface area contributed by atoms with Gasteiger partial charge in [-0.25, -0.2) is 0 Å². The fourth-order valence-corrected chi connectivity index (χ4v) is 2.43. The largest absolute Gasteiger partial charge is 0.381 e. The monoisotopic (exact) mass is 225 g/mol. The van der Waals surface area contributed by atoms with E-state index >= 15 is 0 Å². The molecule has 1 fully saturated rings. The third-order valence-electron chi connectivity index (χ3n) is 3.41. The molecular formula is C14H27NO. The molecule has 1 atom stereocenters. The quantitative estimate of drug-likeness (QED) is 0.506. The third-order valence-corrected chi connectivity index (χ3v) is 3.41. The molecule has 1 rings (SSSR count). The van der Waals surface area contributed by atoms with Gasteiger partial charge in [-0.05, 0) is 51.0 Å². The van der Waals surface area contributed by atoms with Gasteiger partial charge in [-0.3, -0.25) is 0 Å². The standard InChI is InChI=1S/C14H27NO/c1-3-5-6-7-14(15-10-4-2)13-8-11-16-12-9-13/h3,13-15H,1,4-12H2,2H3. The van der Waals surface area contributed by atoms with E-state index in [1.807, 2.05) is 6.08 Å². The lowest BCUT2D eigenvalue weighted by Gasteiger charge is -2.31. The Hall–Kier alpha value is -0.340. The Kier molecular flexibility index (Phi) is 7.52. The van der Waals surface area contributed by atoms with E-state index in [4.69, 9.17) is 4.74 Å². The summed E-state index contributed by atoms with van der Waals surface area (Å²) >= 11 is 0. The van der Waals surface area contributed by atoms with Crippen LogP contribution >= 0.6 is 0 Å². The molecule has 1 saturated heterocycles. The minimum atomic E-state index is 0.698. The molecule has 0 aromatic heterocycles. The van der Waals surface area contributed by atoms with Gasteiger partial charge in [0.25, 0.3) is 0 Å². The lowest BCUT2D eigenvalue weighted by atomic mass is 9.88. The molecule has 1 N–H and O–H groups in total. The molecule has 94 valence electrons. The molecule has 1 aliphatic rings. The van der Waals surface area contributed by atoms with E-state index in [0.717, 1.165) is 32.1 Å². The van der Waals surface area contributed by atoms with Crippen molar-refractivity contribution in [1.29, 1.82) is 0 Å². The van der Waals surface area contributed by atoms with E-state index in [1.54, 1.807) is 0 Å². The van der Waals surface area contributed by atoms with E-state index in [9.17, 15) is 0 Å². The molecule has 16 heavy (non-hydrogen) atoms. The summed E-state index contributed by atoms with van der Waals surface area (Å²) in [6.07, 6.45) is 9.42. The van der Waals surface area contributed by atoms with Gasteiger partial charge in [0.1, 0.15) is 0 Å². The van der Waals surface area contributed by atoms with Crippen molar-refractivity contribution in [3.8, 4) is 0 Å². The molecular weight excluding hydrogens is 198 g/mol. The molecule has 0 amide bonds. The molecule has 0 saturated carbocycles. The number of rotatable bonds is 8. The summed E-state index contributed by atoms with van der Waals surface area (Å²) in [5.74, 6) is 0.824. The summed E-state index contributed by atoms with van der Waals surface area (Å²) in [5, 5.41) is 3.71. The number of hydrogen-bond donors (Lipinski definition) is 1. The van der Waals surface area contributed by atoms with Gasteiger partial charge < -0.3 is 10.1 Å². The molecule has 0 aliphatic carbocycles. The molecule has 0 aromatic carbocycles. The molecule has 0 radical (unpaired) electrons. The molecule has 1 aliphatic heterocycles. The average molecular weight is 225 g/mol. The van der Waals surface area contributed by atoms with Crippen LogP contribution in [-0.2, 0) is 4.74 Å². The topological polar surface area (TPSA) is 21.3 Å². The molecule has 0 spiro atoms. The van der Waals surface area contributed by atoms with Crippen molar-refractivity contribution in [2.45, 2.75) is 51.5 Å². The van der Waals surface area contributed by atoms with Crippen LogP contribution in [0.4, 0.5) is 0 Å². The van der Waals surface area contributed by atoms with Gasteiger partial charge in [-0.2, -0.15) is 0 Å². The van der Waals surface area contributed by atoms with E-state index in [1.165, 1.54) is 32.1 Å². The Morgan fingerprint density at radius 2 is 2.19 bits per heavy atom. The van der Waals surface area contributed by atoms with Crippen molar-refractivity contribution in [3.63, 3.8) is 0 Å². The second-order valence-corrected chi connectivity index (χ2v) is 4.73. The van der Waals surface area contributed by atoms with Gasteiger partial charge in [-0.15, -0.1) is 6.58 Å². The van der Waals surface area contributed by atoms with Gasteiger partial charge in [0.2, 0.25) is 0 Å². The summed E-state index contributed by atoms with van der Waals surface area (Å²) in [4.78, 5) is 0. The normalized spacial score (nSPS) is 19.6. The van der Waals surface area contributed by atoms with Crippen LogP contribution < -0.4 is 5.32 Å². The van der Waals surface area contributed by atoms with Crippen LogP contribution in [0.2, 0.25) is 0 Å². The number of unbranched alkanes of at least 4 members (excludes halogenated alkanes) is 1. The number of nitrogens with one attached hydrogen (secondary N) is 1. The van der Waals surface area contributed by atoms with Crippen LogP contribution in [0.5, 0.6) is 0 Å². The highest BCUT2D eigenvalue weighted by molar-refractivity contribution is 4.79.